The number of ether oxygens (including phenoxy) is 3. The van der Waals surface area contributed by atoms with Crippen molar-refractivity contribution in [2.75, 3.05) is 21.3 Å². The Morgan fingerprint density at radius 2 is 1.81 bits per heavy atom. The van der Waals surface area contributed by atoms with Gasteiger partial charge < -0.3 is 26.6 Å². The van der Waals surface area contributed by atoms with E-state index < -0.39 is 0 Å². The Morgan fingerprint density at radius 3 is 2.19 bits per heavy atom. The van der Waals surface area contributed by atoms with Crippen molar-refractivity contribution in [3.63, 3.8) is 0 Å². The number of carbonyl (C=O) groups excluding carboxylic acids is 1. The molecule has 0 saturated heterocycles. The second-order valence-corrected chi connectivity index (χ2v) is 2.48. The average Bonchev–Trinajstić information content (AvgIpc) is 2.26. The fraction of sp³-hybridized carbons (Fsp3) is 0.300. The smallest absolute Gasteiger partial charge is 1.00 e. The summed E-state index contributed by atoms with van der Waals surface area (Å²) in [5, 5.41) is 0. The van der Waals surface area contributed by atoms with Gasteiger partial charge in [0, 0.05) is 11.6 Å². The van der Waals surface area contributed by atoms with Gasteiger partial charge in [-0.05, 0) is 6.07 Å². The van der Waals surface area contributed by atoms with Crippen LogP contribution in [-0.2, 0) is 27.7 Å². The number of hydrogen-bond acceptors (Lipinski definition) is 4. The maximum atomic E-state index is 10.6. The molecule has 0 aromatic heterocycles. The van der Waals surface area contributed by atoms with Gasteiger partial charge in [0.05, 0.1) is 21.3 Å². The molecular weight excluding hydrogens is 420 g/mol. The zero-order chi connectivity index (χ0) is 10.6. The summed E-state index contributed by atoms with van der Waals surface area (Å²) >= 11 is 0. The molecule has 1 aromatic rings. The van der Waals surface area contributed by atoms with E-state index in [0.29, 0.717) is 29.1 Å². The Morgan fingerprint density at radius 1 is 1.19 bits per heavy atom. The van der Waals surface area contributed by atoms with Crippen LogP contribution in [0.25, 0.3) is 0 Å². The summed E-state index contributed by atoms with van der Waals surface area (Å²) in [7, 11) is 4.46. The molecule has 0 heterocycles. The minimum Gasteiger partial charge on any atom is -1.00 e. The topological polar surface area (TPSA) is 44.8 Å². The molecule has 0 N–H and O–H groups in total. The monoisotopic (exact) mass is 432 g/mol. The van der Waals surface area contributed by atoms with Crippen LogP contribution in [0.1, 0.15) is 10.4 Å². The first-order chi connectivity index (χ1) is 6.76. The second kappa shape index (κ2) is 8.64. The SMILES string of the molecule is COc1[c]c(C=O)cc(OC)c1OC.[Cl-].[Hg+]. The van der Waals surface area contributed by atoms with Crippen LogP contribution < -0.4 is 26.6 Å². The van der Waals surface area contributed by atoms with Crippen LogP contribution in [0, 0.1) is 6.07 Å². The van der Waals surface area contributed by atoms with E-state index in [9.17, 15) is 4.79 Å². The fourth-order valence-electron chi connectivity index (χ4n) is 1.09. The molecule has 0 aliphatic carbocycles. The van der Waals surface area contributed by atoms with Crippen molar-refractivity contribution in [3.05, 3.63) is 17.7 Å². The summed E-state index contributed by atoms with van der Waals surface area (Å²) in [6, 6.07) is 4.28. The van der Waals surface area contributed by atoms with E-state index in [-0.39, 0.29) is 40.1 Å². The third kappa shape index (κ3) is 3.83. The summed E-state index contributed by atoms with van der Waals surface area (Å²) in [5.74, 6) is 1.24. The average molecular weight is 431 g/mol. The van der Waals surface area contributed by atoms with Gasteiger partial charge in [0.1, 0.15) is 0 Å². The summed E-state index contributed by atoms with van der Waals surface area (Å²) < 4.78 is 15.1. The molecule has 0 bridgehead atoms. The molecule has 1 rings (SSSR count). The zero-order valence-corrected chi connectivity index (χ0v) is 15.6. The number of hydrogen-bond donors (Lipinski definition) is 0. The molecule has 2 radical (unpaired) electrons. The molecule has 16 heavy (non-hydrogen) atoms. The molecule has 0 unspecified atom stereocenters. The molecule has 0 atom stereocenters. The maximum absolute atomic E-state index is 10.6. The van der Waals surface area contributed by atoms with Gasteiger partial charge in [0.25, 0.3) is 0 Å². The summed E-state index contributed by atoms with van der Waals surface area (Å²) in [6.45, 7) is 0. The molecule has 0 saturated carbocycles. The van der Waals surface area contributed by atoms with Crippen LogP contribution >= 0.6 is 0 Å². The van der Waals surface area contributed by atoms with E-state index >= 15 is 0 Å². The molecule has 0 amide bonds. The second-order valence-electron chi connectivity index (χ2n) is 2.48. The molecule has 0 aliphatic heterocycles. The minimum absolute atomic E-state index is 0. The van der Waals surface area contributed by atoms with Crippen LogP contribution in [0.2, 0.25) is 0 Å². The van der Waals surface area contributed by atoms with E-state index in [1.54, 1.807) is 0 Å². The first-order valence-electron chi connectivity index (χ1n) is 3.94. The van der Waals surface area contributed by atoms with Gasteiger partial charge in [-0.1, -0.05) is 0 Å². The van der Waals surface area contributed by atoms with Crippen molar-refractivity contribution in [3.8, 4) is 17.2 Å². The Bertz CT molecular complexity index is 319. The third-order valence-corrected chi connectivity index (χ3v) is 1.73. The number of rotatable bonds is 4. The van der Waals surface area contributed by atoms with Gasteiger partial charge in [-0.25, -0.2) is 0 Å². The first kappa shape index (κ1) is 17.9. The summed E-state index contributed by atoms with van der Waals surface area (Å²) in [6.07, 6.45) is 0.671. The van der Waals surface area contributed by atoms with Gasteiger partial charge >= 0.3 is 27.7 Å². The van der Waals surface area contributed by atoms with Gasteiger partial charge in [0.15, 0.2) is 17.8 Å². The number of methoxy groups -OCH3 is 3. The summed E-state index contributed by atoms with van der Waals surface area (Å²) in [4.78, 5) is 10.6. The molecule has 0 aliphatic rings. The first-order valence-corrected chi connectivity index (χ1v) is 3.94. The Balaban J connectivity index is 0. The quantitative estimate of drug-likeness (QED) is 0.423. The molecule has 4 nitrogen and oxygen atoms in total. The number of halogens is 1. The largest absolute Gasteiger partial charge is 1.00 e. The molecule has 0 fully saturated rings. The van der Waals surface area contributed by atoms with Crippen LogP contribution in [0.3, 0.4) is 0 Å². The Labute approximate surface area is 121 Å². The predicted molar refractivity (Wildman–Crippen MR) is 50.3 cm³/mol. The van der Waals surface area contributed by atoms with E-state index in [4.69, 9.17) is 14.2 Å². The van der Waals surface area contributed by atoms with E-state index in [1.165, 1.54) is 27.4 Å². The van der Waals surface area contributed by atoms with Crippen molar-refractivity contribution < 1.29 is 59.1 Å². The molecule has 1 aromatic carbocycles. The number of aldehydes is 1. The van der Waals surface area contributed by atoms with E-state index in [0.717, 1.165) is 0 Å². The van der Waals surface area contributed by atoms with Crippen molar-refractivity contribution in [1.82, 2.24) is 0 Å². The maximum Gasteiger partial charge on any atom is 1.00 e. The van der Waals surface area contributed by atoms with E-state index in [2.05, 4.69) is 6.07 Å². The molecule has 84 valence electrons. The molecule has 0 spiro atoms. The van der Waals surface area contributed by atoms with Gasteiger partial charge in [0.2, 0.25) is 5.75 Å². The van der Waals surface area contributed by atoms with Gasteiger partial charge in [-0.15, -0.1) is 0 Å². The van der Waals surface area contributed by atoms with Crippen LogP contribution in [0.15, 0.2) is 6.07 Å². The standard InChI is InChI=1S/C10H11O4.ClH.Hg/c1-12-8-4-7(6-11)5-9(13-2)10(8)14-3;;/h4,6H,1-3H3;1H;/q;;+1/p-1. The van der Waals surface area contributed by atoms with Crippen LogP contribution in [0.4, 0.5) is 0 Å². The van der Waals surface area contributed by atoms with Crippen molar-refractivity contribution in [2.24, 2.45) is 0 Å². The van der Waals surface area contributed by atoms with Crippen LogP contribution in [0.5, 0.6) is 17.2 Å². The number of carbonyl (C=O) groups is 1. The Kier molecular flexibility index (Phi) is 9.67. The third-order valence-electron chi connectivity index (χ3n) is 1.73. The van der Waals surface area contributed by atoms with Crippen molar-refractivity contribution in [1.29, 1.82) is 0 Å². The Hall–Kier alpha value is -0.485. The predicted octanol–water partition coefficient (Wildman–Crippen LogP) is -1.67. The van der Waals surface area contributed by atoms with E-state index in [1.807, 2.05) is 0 Å². The van der Waals surface area contributed by atoms with Crippen molar-refractivity contribution >= 4 is 6.29 Å². The van der Waals surface area contributed by atoms with Crippen LogP contribution in [-0.4, -0.2) is 27.6 Å². The van der Waals surface area contributed by atoms with Gasteiger partial charge in [-0.2, -0.15) is 0 Å². The zero-order valence-electron chi connectivity index (χ0n) is 9.37. The van der Waals surface area contributed by atoms with Crippen molar-refractivity contribution in [2.45, 2.75) is 0 Å². The van der Waals surface area contributed by atoms with Gasteiger partial charge in [-0.3, -0.25) is 4.79 Å². The normalized spacial score (nSPS) is 8.19. The fourth-order valence-corrected chi connectivity index (χ4v) is 1.09. The minimum atomic E-state index is 0. The number of benzene rings is 1. The molecule has 6 heteroatoms. The summed E-state index contributed by atoms with van der Waals surface area (Å²) in [5.41, 5.74) is 0.361. The molecular formula is C10H11ClHgO4.